The Morgan fingerprint density at radius 1 is 1.05 bits per heavy atom. The minimum atomic E-state index is -4.97. The van der Waals surface area contributed by atoms with Gasteiger partial charge in [-0.2, -0.15) is 20.5 Å². The number of nitrogens with one attached hydrogen (secondary N) is 1. The van der Waals surface area contributed by atoms with Crippen LogP contribution in [-0.4, -0.2) is 73.0 Å². The van der Waals surface area contributed by atoms with Gasteiger partial charge < -0.3 is 24.4 Å². The van der Waals surface area contributed by atoms with Crippen molar-refractivity contribution in [1.29, 1.82) is 0 Å². The lowest BCUT2D eigenvalue weighted by Crippen LogP contribution is -2.42. The number of rotatable bonds is 4. The topological polar surface area (TPSA) is 132 Å². The Bertz CT molecular complexity index is 1350. The van der Waals surface area contributed by atoms with Crippen LogP contribution in [0.2, 0.25) is 0 Å². The molecular formula is C22H20F4N7O4-. The molecule has 2 aromatic heterocycles. The second-order valence-electron chi connectivity index (χ2n) is 8.67. The van der Waals surface area contributed by atoms with E-state index in [2.05, 4.69) is 25.2 Å². The van der Waals surface area contributed by atoms with Crippen molar-refractivity contribution in [3.8, 4) is 5.75 Å². The first-order valence-electron chi connectivity index (χ1n) is 11.4. The number of aromatic amines is 1. The molecule has 1 N–H and O–H groups in total. The molecule has 4 heterocycles. The molecule has 0 aliphatic carbocycles. The van der Waals surface area contributed by atoms with E-state index in [1.165, 1.54) is 4.68 Å². The molecule has 1 aromatic carbocycles. The van der Waals surface area contributed by atoms with E-state index in [0.29, 0.717) is 36.0 Å². The van der Waals surface area contributed by atoms with E-state index in [1.54, 1.807) is 4.90 Å². The number of amides is 2. The normalized spacial score (nSPS) is 15.7. The van der Waals surface area contributed by atoms with Crippen LogP contribution in [0.25, 0.3) is 0 Å². The lowest BCUT2D eigenvalue weighted by atomic mass is 9.99. The molecule has 0 bridgehead atoms. The number of fused-ring (bicyclic) bond motifs is 2. The summed E-state index contributed by atoms with van der Waals surface area (Å²) in [5, 5.41) is 26.5. The first-order valence-corrected chi connectivity index (χ1v) is 11.4. The van der Waals surface area contributed by atoms with E-state index < -0.39 is 29.9 Å². The smallest absolute Gasteiger partial charge is 0.530 e. The summed E-state index contributed by atoms with van der Waals surface area (Å²) < 4.78 is 57.7. The highest BCUT2D eigenvalue weighted by Gasteiger charge is 2.33. The Labute approximate surface area is 206 Å². The maximum atomic E-state index is 14.8. The van der Waals surface area contributed by atoms with Crippen LogP contribution in [0.3, 0.4) is 0 Å². The number of H-pyrrole nitrogens is 1. The zero-order chi connectivity index (χ0) is 26.3. The third-order valence-corrected chi connectivity index (χ3v) is 6.40. The van der Waals surface area contributed by atoms with E-state index in [-0.39, 0.29) is 50.3 Å². The molecule has 0 saturated heterocycles. The highest BCUT2D eigenvalue weighted by Crippen LogP contribution is 2.29. The summed E-state index contributed by atoms with van der Waals surface area (Å²) in [4.78, 5) is 27.6. The number of hydrogen-bond donors (Lipinski definition) is 1. The number of carboxylic acid groups (broad SMARTS) is 1. The highest BCUT2D eigenvalue weighted by molar-refractivity contribution is 5.94. The van der Waals surface area contributed by atoms with Crippen molar-refractivity contribution in [2.24, 2.45) is 0 Å². The van der Waals surface area contributed by atoms with Crippen molar-refractivity contribution in [3.63, 3.8) is 0 Å². The number of ether oxygens (including phenoxy) is 1. The molecule has 0 unspecified atom stereocenters. The highest BCUT2D eigenvalue weighted by atomic mass is 19.4. The minimum Gasteiger partial charge on any atom is -0.530 e. The van der Waals surface area contributed by atoms with Gasteiger partial charge in [-0.3, -0.25) is 9.48 Å². The third-order valence-electron chi connectivity index (χ3n) is 6.40. The fourth-order valence-corrected chi connectivity index (χ4v) is 4.59. The molecule has 11 nitrogen and oxygen atoms in total. The quantitative estimate of drug-likeness (QED) is 0.506. The molecule has 0 saturated carbocycles. The van der Waals surface area contributed by atoms with Crippen LogP contribution >= 0.6 is 0 Å². The van der Waals surface area contributed by atoms with E-state index in [9.17, 15) is 32.3 Å². The number of carbonyl (C=O) groups is 2. The van der Waals surface area contributed by atoms with Gasteiger partial charge in [-0.15, -0.1) is 13.2 Å². The SMILES string of the molecule is O=C([O-])N1CCc2c(Cc3ccc(OC(F)(F)F)cc3F)c(C(=O)N3CCc4n[nH]nc4C3)nn2CC1. The average Bonchev–Trinajstić information content (AvgIpc) is 3.37. The van der Waals surface area contributed by atoms with Gasteiger partial charge in [0.25, 0.3) is 5.91 Å². The van der Waals surface area contributed by atoms with Crippen molar-refractivity contribution in [3.05, 3.63) is 57.9 Å². The van der Waals surface area contributed by atoms with Crippen LogP contribution < -0.4 is 9.84 Å². The molecule has 0 radical (unpaired) electrons. The summed E-state index contributed by atoms with van der Waals surface area (Å²) in [5.41, 5.74) is 2.39. The molecule has 5 rings (SSSR count). The third kappa shape index (κ3) is 5.06. The molecule has 37 heavy (non-hydrogen) atoms. The number of nitrogens with zero attached hydrogens (tertiary/aromatic N) is 6. The van der Waals surface area contributed by atoms with Crippen LogP contribution in [0.15, 0.2) is 18.2 Å². The van der Waals surface area contributed by atoms with Gasteiger partial charge in [0, 0.05) is 56.2 Å². The van der Waals surface area contributed by atoms with Crippen molar-refractivity contribution in [2.45, 2.75) is 38.7 Å². The first-order chi connectivity index (χ1) is 17.6. The lowest BCUT2D eigenvalue weighted by molar-refractivity contribution is -0.274. The first kappa shape index (κ1) is 24.5. The summed E-state index contributed by atoms with van der Waals surface area (Å²) in [6.45, 7) is 0.881. The molecular weight excluding hydrogens is 502 g/mol. The van der Waals surface area contributed by atoms with Gasteiger partial charge in [0.1, 0.15) is 23.4 Å². The Kier molecular flexibility index (Phi) is 6.21. The van der Waals surface area contributed by atoms with E-state index in [1.807, 2.05) is 0 Å². The van der Waals surface area contributed by atoms with Crippen molar-refractivity contribution in [1.82, 2.24) is 35.0 Å². The maximum Gasteiger partial charge on any atom is 0.573 e. The zero-order valence-corrected chi connectivity index (χ0v) is 19.2. The number of hydrogen-bond acceptors (Lipinski definition) is 7. The van der Waals surface area contributed by atoms with Gasteiger partial charge in [0.15, 0.2) is 5.69 Å². The molecule has 15 heteroatoms. The standard InChI is InChI=1S/C22H21F4N7O4/c23-15-10-13(37-22(24,25)26)2-1-12(15)9-14-18-4-6-31(21(35)36)7-8-33(18)29-19(14)20(34)32-5-3-16-17(11-32)28-30-27-16/h1-2,10H,3-9,11H2,(H,35,36)(H,27,28,30)/p-1. The molecule has 2 aliphatic heterocycles. The molecule has 196 valence electrons. The second kappa shape index (κ2) is 9.37. The molecule has 0 atom stereocenters. The van der Waals surface area contributed by atoms with Crippen LogP contribution in [0.1, 0.15) is 38.7 Å². The molecule has 0 fully saturated rings. The summed E-state index contributed by atoms with van der Waals surface area (Å²) in [7, 11) is 0. The van der Waals surface area contributed by atoms with Crippen LogP contribution in [0, 0.1) is 5.82 Å². The van der Waals surface area contributed by atoms with Gasteiger partial charge >= 0.3 is 6.36 Å². The molecule has 3 aromatic rings. The largest absolute Gasteiger partial charge is 0.573 e. The Morgan fingerprint density at radius 2 is 1.81 bits per heavy atom. The van der Waals surface area contributed by atoms with Crippen molar-refractivity contribution in [2.75, 3.05) is 19.6 Å². The maximum absolute atomic E-state index is 14.8. The fraction of sp³-hybridized carbons (Fsp3) is 0.409. The van der Waals surface area contributed by atoms with Gasteiger partial charge in [0.2, 0.25) is 0 Å². The predicted octanol–water partition coefficient (Wildman–Crippen LogP) is 1.03. The molecule has 0 spiro atoms. The number of alkyl halides is 3. The van der Waals surface area contributed by atoms with Gasteiger partial charge in [-0.1, -0.05) is 6.07 Å². The van der Waals surface area contributed by atoms with Gasteiger partial charge in [-0.05, 0) is 11.6 Å². The molecule has 2 amide bonds. The number of aromatic nitrogens is 5. The van der Waals surface area contributed by atoms with E-state index >= 15 is 0 Å². The number of benzene rings is 1. The fourth-order valence-electron chi connectivity index (χ4n) is 4.59. The molecule has 2 aliphatic rings. The summed E-state index contributed by atoms with van der Waals surface area (Å²) >= 11 is 0. The number of halogens is 4. The predicted molar refractivity (Wildman–Crippen MR) is 114 cm³/mol. The van der Waals surface area contributed by atoms with Crippen LogP contribution in [-0.2, 0) is 32.4 Å². The Balaban J connectivity index is 1.48. The average molecular weight is 522 g/mol. The Hall–Kier alpha value is -4.17. The van der Waals surface area contributed by atoms with Crippen LogP contribution in [0.5, 0.6) is 5.75 Å². The van der Waals surface area contributed by atoms with E-state index in [0.717, 1.165) is 22.7 Å². The zero-order valence-electron chi connectivity index (χ0n) is 19.2. The van der Waals surface area contributed by atoms with Gasteiger partial charge in [-0.25, -0.2) is 4.39 Å². The summed E-state index contributed by atoms with van der Waals surface area (Å²) in [6.07, 6.45) is -5.79. The second-order valence-corrected chi connectivity index (χ2v) is 8.67. The van der Waals surface area contributed by atoms with Crippen molar-refractivity contribution >= 4 is 12.0 Å². The monoisotopic (exact) mass is 522 g/mol. The van der Waals surface area contributed by atoms with Crippen molar-refractivity contribution < 1.29 is 37.0 Å². The van der Waals surface area contributed by atoms with E-state index in [4.69, 9.17) is 0 Å². The van der Waals surface area contributed by atoms with Gasteiger partial charge in [0.05, 0.1) is 18.8 Å². The lowest BCUT2D eigenvalue weighted by Gasteiger charge is -2.25. The number of carbonyl (C=O) groups excluding carboxylic acids is 2. The Morgan fingerprint density at radius 3 is 2.54 bits per heavy atom. The summed E-state index contributed by atoms with van der Waals surface area (Å²) in [6, 6.07) is 2.77. The minimum absolute atomic E-state index is 0.0258. The summed E-state index contributed by atoms with van der Waals surface area (Å²) in [5.74, 6) is -2.08. The van der Waals surface area contributed by atoms with Crippen LogP contribution in [0.4, 0.5) is 22.4 Å².